The van der Waals surface area contributed by atoms with Crippen LogP contribution in [0, 0.1) is 11.3 Å². The second-order valence-electron chi connectivity index (χ2n) is 4.68. The Morgan fingerprint density at radius 2 is 2.12 bits per heavy atom. The quantitative estimate of drug-likeness (QED) is 0.612. The molecule has 0 aromatic rings. The van der Waals surface area contributed by atoms with E-state index in [1.807, 2.05) is 0 Å². The summed E-state index contributed by atoms with van der Waals surface area (Å²) in [5.74, 6) is 0. The highest BCUT2D eigenvalue weighted by molar-refractivity contribution is 5.09. The van der Waals surface area contributed by atoms with E-state index < -0.39 is 0 Å². The van der Waals surface area contributed by atoms with Crippen LogP contribution in [0.1, 0.15) is 52.4 Å². The van der Waals surface area contributed by atoms with Crippen LogP contribution in [0.4, 0.5) is 0 Å². The molecule has 3 heteroatoms. The van der Waals surface area contributed by atoms with E-state index in [2.05, 4.69) is 25.2 Å². The summed E-state index contributed by atoms with van der Waals surface area (Å²) in [5.41, 5.74) is -0.309. The van der Waals surface area contributed by atoms with Crippen molar-refractivity contribution in [2.45, 2.75) is 64.0 Å². The highest BCUT2D eigenvalue weighted by Gasteiger charge is 2.34. The van der Waals surface area contributed by atoms with Gasteiger partial charge in [-0.1, -0.05) is 13.8 Å². The summed E-state index contributed by atoms with van der Waals surface area (Å²) in [7, 11) is 0. The third kappa shape index (κ3) is 4.51. The molecule has 1 rings (SSSR count). The summed E-state index contributed by atoms with van der Waals surface area (Å²) in [6.45, 7) is 5.82. The van der Waals surface area contributed by atoms with Crippen LogP contribution in [-0.4, -0.2) is 24.8 Å². The molecule has 1 atom stereocenters. The summed E-state index contributed by atoms with van der Waals surface area (Å²) in [6.07, 6.45) is 6.29. The molecule has 0 aromatic carbocycles. The van der Waals surface area contributed by atoms with E-state index in [1.165, 1.54) is 12.8 Å². The molecule has 16 heavy (non-hydrogen) atoms. The maximum atomic E-state index is 9.30. The minimum Gasteiger partial charge on any atom is -0.381 e. The normalized spacial score (nSPS) is 19.1. The number of hydrogen-bond acceptors (Lipinski definition) is 3. The van der Waals surface area contributed by atoms with Crippen molar-refractivity contribution in [1.29, 1.82) is 5.26 Å². The Morgan fingerprint density at radius 3 is 2.62 bits per heavy atom. The monoisotopic (exact) mass is 224 g/mol. The van der Waals surface area contributed by atoms with Crippen molar-refractivity contribution in [3.05, 3.63) is 0 Å². The molecule has 0 heterocycles. The molecule has 0 amide bonds. The molecule has 1 saturated carbocycles. The van der Waals surface area contributed by atoms with Crippen LogP contribution in [0.2, 0.25) is 0 Å². The van der Waals surface area contributed by atoms with Gasteiger partial charge in [-0.2, -0.15) is 5.26 Å². The molecule has 0 bridgehead atoms. The van der Waals surface area contributed by atoms with Crippen molar-refractivity contribution >= 4 is 0 Å². The molecule has 0 aliphatic heterocycles. The molecular weight excluding hydrogens is 200 g/mol. The maximum Gasteiger partial charge on any atom is 0.106 e. The van der Waals surface area contributed by atoms with Gasteiger partial charge in [0, 0.05) is 19.3 Å². The van der Waals surface area contributed by atoms with Gasteiger partial charge in [0.05, 0.1) is 6.07 Å². The lowest BCUT2D eigenvalue weighted by atomic mass is 9.92. The first-order chi connectivity index (χ1) is 7.76. The number of hydrogen-bond donors (Lipinski definition) is 1. The van der Waals surface area contributed by atoms with Gasteiger partial charge in [0.2, 0.25) is 0 Å². The van der Waals surface area contributed by atoms with E-state index in [0.29, 0.717) is 6.04 Å². The molecule has 1 unspecified atom stereocenters. The summed E-state index contributed by atoms with van der Waals surface area (Å²) < 4.78 is 5.45. The number of ether oxygens (including phenoxy) is 1. The lowest BCUT2D eigenvalue weighted by Gasteiger charge is -2.26. The smallest absolute Gasteiger partial charge is 0.106 e. The van der Waals surface area contributed by atoms with E-state index in [0.717, 1.165) is 38.9 Å². The van der Waals surface area contributed by atoms with Crippen LogP contribution < -0.4 is 5.32 Å². The lowest BCUT2D eigenvalue weighted by Crippen LogP contribution is -2.44. The first kappa shape index (κ1) is 13.5. The Kier molecular flexibility index (Phi) is 5.79. The Morgan fingerprint density at radius 1 is 1.38 bits per heavy atom. The van der Waals surface area contributed by atoms with Crippen LogP contribution in [-0.2, 0) is 4.74 Å². The number of nitriles is 1. The fraction of sp³-hybridized carbons (Fsp3) is 0.923. The second kappa shape index (κ2) is 6.88. The molecule has 3 nitrogen and oxygen atoms in total. The fourth-order valence-electron chi connectivity index (χ4n) is 1.86. The minimum atomic E-state index is -0.309. The van der Waals surface area contributed by atoms with Crippen molar-refractivity contribution in [2.24, 2.45) is 0 Å². The largest absolute Gasteiger partial charge is 0.381 e. The summed E-state index contributed by atoms with van der Waals surface area (Å²) >= 11 is 0. The first-order valence-corrected chi connectivity index (χ1v) is 6.53. The van der Waals surface area contributed by atoms with Crippen LogP contribution in [0.5, 0.6) is 0 Å². The molecule has 0 spiro atoms. The molecule has 0 aromatic heterocycles. The van der Waals surface area contributed by atoms with Gasteiger partial charge in [0.1, 0.15) is 5.54 Å². The Labute approximate surface area is 99.2 Å². The number of nitrogens with one attached hydrogen (secondary N) is 1. The van der Waals surface area contributed by atoms with Gasteiger partial charge < -0.3 is 4.74 Å². The molecule has 1 fully saturated rings. The third-order valence-corrected chi connectivity index (χ3v) is 3.12. The zero-order valence-electron chi connectivity index (χ0n) is 10.6. The lowest BCUT2D eigenvalue weighted by molar-refractivity contribution is 0.125. The maximum absolute atomic E-state index is 9.30. The average molecular weight is 224 g/mol. The zero-order chi connectivity index (χ0) is 11.9. The van der Waals surface area contributed by atoms with Crippen molar-refractivity contribution in [1.82, 2.24) is 5.32 Å². The molecule has 1 N–H and O–H groups in total. The molecule has 92 valence electrons. The average Bonchev–Trinajstić information content (AvgIpc) is 3.11. The van der Waals surface area contributed by atoms with Crippen LogP contribution in [0.3, 0.4) is 0 Å². The van der Waals surface area contributed by atoms with Crippen molar-refractivity contribution in [2.75, 3.05) is 13.2 Å². The van der Waals surface area contributed by atoms with Crippen molar-refractivity contribution in [3.8, 4) is 6.07 Å². The number of nitrogens with zero attached hydrogens (tertiary/aromatic N) is 1. The predicted octanol–water partition coefficient (Wildman–Crippen LogP) is 2.62. The van der Waals surface area contributed by atoms with Crippen LogP contribution in [0.15, 0.2) is 0 Å². The standard InChI is InChI=1S/C13H24N2O/c1-3-9-16-10-5-8-13(4-2,11-14)15-12-6-7-12/h12,15H,3-10H2,1-2H3. The Bertz CT molecular complexity index is 233. The second-order valence-corrected chi connectivity index (χ2v) is 4.68. The fourth-order valence-corrected chi connectivity index (χ4v) is 1.86. The Hall–Kier alpha value is -0.590. The highest BCUT2D eigenvalue weighted by atomic mass is 16.5. The van der Waals surface area contributed by atoms with Crippen molar-refractivity contribution in [3.63, 3.8) is 0 Å². The summed E-state index contributed by atoms with van der Waals surface area (Å²) in [6, 6.07) is 3.05. The van der Waals surface area contributed by atoms with Gasteiger partial charge in [-0.3, -0.25) is 5.32 Å². The van der Waals surface area contributed by atoms with Crippen LogP contribution >= 0.6 is 0 Å². The van der Waals surface area contributed by atoms with Crippen LogP contribution in [0.25, 0.3) is 0 Å². The van der Waals surface area contributed by atoms with Gasteiger partial charge in [-0.05, 0) is 38.5 Å². The molecule has 0 saturated heterocycles. The van der Waals surface area contributed by atoms with Crippen molar-refractivity contribution < 1.29 is 4.74 Å². The summed E-state index contributed by atoms with van der Waals surface area (Å²) in [5, 5.41) is 12.8. The SMILES string of the molecule is CCCOCCCC(C#N)(CC)NC1CC1. The minimum absolute atomic E-state index is 0.309. The molecule has 1 aliphatic carbocycles. The van der Waals surface area contributed by atoms with E-state index >= 15 is 0 Å². The summed E-state index contributed by atoms with van der Waals surface area (Å²) in [4.78, 5) is 0. The number of rotatable bonds is 9. The molecule has 0 radical (unpaired) electrons. The van der Waals surface area contributed by atoms with Gasteiger partial charge >= 0.3 is 0 Å². The van der Waals surface area contributed by atoms with E-state index in [1.54, 1.807) is 0 Å². The van der Waals surface area contributed by atoms with E-state index in [-0.39, 0.29) is 5.54 Å². The first-order valence-electron chi connectivity index (χ1n) is 6.53. The highest BCUT2D eigenvalue weighted by Crippen LogP contribution is 2.26. The van der Waals surface area contributed by atoms with Gasteiger partial charge in [-0.25, -0.2) is 0 Å². The third-order valence-electron chi connectivity index (χ3n) is 3.12. The predicted molar refractivity (Wildman–Crippen MR) is 65.1 cm³/mol. The van der Waals surface area contributed by atoms with Gasteiger partial charge in [0.25, 0.3) is 0 Å². The van der Waals surface area contributed by atoms with Gasteiger partial charge in [-0.15, -0.1) is 0 Å². The zero-order valence-corrected chi connectivity index (χ0v) is 10.6. The van der Waals surface area contributed by atoms with Gasteiger partial charge in [0.15, 0.2) is 0 Å². The van der Waals surface area contributed by atoms with E-state index in [9.17, 15) is 5.26 Å². The van der Waals surface area contributed by atoms with E-state index in [4.69, 9.17) is 4.74 Å². The topological polar surface area (TPSA) is 45.0 Å². The molecule has 1 aliphatic rings. The Balaban J connectivity index is 2.23. The molecular formula is C13H24N2O.